The third kappa shape index (κ3) is 2.06. The number of hydrogen-bond donors (Lipinski definition) is 3. The summed E-state index contributed by atoms with van der Waals surface area (Å²) >= 11 is 0. The van der Waals surface area contributed by atoms with Crippen molar-refractivity contribution in [1.29, 1.82) is 0 Å². The van der Waals surface area contributed by atoms with E-state index in [1.807, 2.05) is 23.6 Å². The van der Waals surface area contributed by atoms with E-state index >= 15 is 0 Å². The first kappa shape index (κ1) is 14.8. The van der Waals surface area contributed by atoms with Gasteiger partial charge in [-0.25, -0.2) is 9.97 Å². The van der Waals surface area contributed by atoms with Gasteiger partial charge in [-0.05, 0) is 11.6 Å². The first-order valence-corrected chi connectivity index (χ1v) is 6.20. The normalized spacial score (nSPS) is 25.6. The first-order valence-electron chi connectivity index (χ1n) is 6.20. The Morgan fingerprint density at radius 1 is 1.40 bits per heavy atom. The first-order chi connectivity index (χ1) is 9.13. The molecule has 20 heavy (non-hydrogen) atoms. The minimum absolute atomic E-state index is 0. The standard InChI is InChI=1S/C13H16N4O2.ClH/c1-7-10(4-8(5-18)12(7)19)17-6-16-11-9(17)2-3-15-13(11)14;/h2-4,6-7,10,12,18-19H,5H2,1H3,(H2,14,15);1H/t7-,10+,12-;/m0./s1. The minimum atomic E-state index is -0.619. The van der Waals surface area contributed by atoms with Gasteiger partial charge >= 0.3 is 0 Å². The minimum Gasteiger partial charge on any atom is -0.392 e. The summed E-state index contributed by atoms with van der Waals surface area (Å²) in [6, 6.07) is 1.81. The van der Waals surface area contributed by atoms with Crippen LogP contribution in [0.15, 0.2) is 30.2 Å². The number of fused-ring (bicyclic) bond motifs is 1. The second-order valence-electron chi connectivity index (χ2n) is 4.91. The molecule has 108 valence electrons. The molecule has 0 bridgehead atoms. The zero-order valence-corrected chi connectivity index (χ0v) is 11.8. The molecule has 6 nitrogen and oxygen atoms in total. The number of pyridine rings is 1. The maximum Gasteiger partial charge on any atom is 0.151 e. The quantitative estimate of drug-likeness (QED) is 0.716. The third-order valence-corrected chi connectivity index (χ3v) is 3.83. The van der Waals surface area contributed by atoms with Crippen LogP contribution in [0.3, 0.4) is 0 Å². The Morgan fingerprint density at radius 2 is 2.15 bits per heavy atom. The number of nitrogen functional groups attached to an aromatic ring is 1. The molecule has 0 aromatic carbocycles. The molecule has 2 aromatic heterocycles. The number of imidazole rings is 1. The van der Waals surface area contributed by atoms with Gasteiger partial charge in [-0.15, -0.1) is 12.4 Å². The van der Waals surface area contributed by atoms with Gasteiger partial charge in [0.1, 0.15) is 5.52 Å². The Labute approximate surface area is 122 Å². The van der Waals surface area contributed by atoms with Crippen molar-refractivity contribution in [2.24, 2.45) is 5.92 Å². The number of hydrogen-bond acceptors (Lipinski definition) is 5. The van der Waals surface area contributed by atoms with Gasteiger partial charge in [0, 0.05) is 12.1 Å². The zero-order valence-electron chi connectivity index (χ0n) is 11.0. The van der Waals surface area contributed by atoms with Gasteiger partial charge in [-0.3, -0.25) is 0 Å². The molecule has 0 fully saturated rings. The van der Waals surface area contributed by atoms with Gasteiger partial charge in [-0.2, -0.15) is 0 Å². The molecule has 0 spiro atoms. The molecule has 1 aliphatic carbocycles. The number of rotatable bonds is 2. The molecular formula is C13H17ClN4O2. The summed E-state index contributed by atoms with van der Waals surface area (Å²) in [5.74, 6) is 0.378. The van der Waals surface area contributed by atoms with Crippen LogP contribution in [0.5, 0.6) is 0 Å². The number of anilines is 1. The van der Waals surface area contributed by atoms with Crippen LogP contribution >= 0.6 is 12.4 Å². The highest BCUT2D eigenvalue weighted by atomic mass is 35.5. The van der Waals surface area contributed by atoms with Gasteiger partial charge in [0.2, 0.25) is 0 Å². The van der Waals surface area contributed by atoms with E-state index in [1.165, 1.54) is 0 Å². The Kier molecular flexibility index (Phi) is 3.99. The van der Waals surface area contributed by atoms with Crippen LogP contribution in [0.4, 0.5) is 5.82 Å². The van der Waals surface area contributed by atoms with E-state index in [9.17, 15) is 10.2 Å². The average molecular weight is 297 g/mol. The molecule has 3 atom stereocenters. The van der Waals surface area contributed by atoms with Gasteiger partial charge in [0.15, 0.2) is 5.82 Å². The highest BCUT2D eigenvalue weighted by molar-refractivity contribution is 5.85. The smallest absolute Gasteiger partial charge is 0.151 e. The van der Waals surface area contributed by atoms with E-state index in [-0.39, 0.29) is 31.0 Å². The number of aliphatic hydroxyl groups is 2. The summed E-state index contributed by atoms with van der Waals surface area (Å²) in [6.07, 6.45) is 4.62. The van der Waals surface area contributed by atoms with Crippen LogP contribution in [0.25, 0.3) is 11.0 Å². The number of nitrogens with two attached hydrogens (primary N) is 1. The molecule has 1 aliphatic rings. The van der Waals surface area contributed by atoms with Crippen LogP contribution in [0, 0.1) is 5.92 Å². The van der Waals surface area contributed by atoms with Crippen molar-refractivity contribution in [1.82, 2.24) is 14.5 Å². The number of allylic oxidation sites excluding steroid dienone is 1. The highest BCUT2D eigenvalue weighted by Crippen LogP contribution is 2.36. The molecule has 0 unspecified atom stereocenters. The van der Waals surface area contributed by atoms with Crippen molar-refractivity contribution in [3.63, 3.8) is 0 Å². The monoisotopic (exact) mass is 296 g/mol. The molecular weight excluding hydrogens is 280 g/mol. The van der Waals surface area contributed by atoms with Crippen molar-refractivity contribution in [3.8, 4) is 0 Å². The molecule has 0 aliphatic heterocycles. The fourth-order valence-electron chi connectivity index (χ4n) is 2.69. The summed E-state index contributed by atoms with van der Waals surface area (Å²) in [7, 11) is 0. The number of aliphatic hydroxyl groups excluding tert-OH is 2. The number of aromatic nitrogens is 3. The summed E-state index contributed by atoms with van der Waals surface area (Å²) < 4.78 is 1.96. The van der Waals surface area contributed by atoms with Crippen molar-refractivity contribution >= 4 is 29.3 Å². The second-order valence-corrected chi connectivity index (χ2v) is 4.91. The van der Waals surface area contributed by atoms with Gasteiger partial charge in [-0.1, -0.05) is 13.0 Å². The summed E-state index contributed by atoms with van der Waals surface area (Å²) in [6.45, 7) is 1.82. The molecule has 2 heterocycles. The van der Waals surface area contributed by atoms with Crippen LogP contribution in [0.2, 0.25) is 0 Å². The molecule has 0 saturated heterocycles. The molecule has 0 amide bonds. The van der Waals surface area contributed by atoms with Crippen LogP contribution in [-0.2, 0) is 0 Å². The molecule has 2 aromatic rings. The van der Waals surface area contributed by atoms with Crippen molar-refractivity contribution < 1.29 is 10.2 Å². The largest absolute Gasteiger partial charge is 0.392 e. The molecule has 0 saturated carbocycles. The number of nitrogens with zero attached hydrogens (tertiary/aromatic N) is 3. The Morgan fingerprint density at radius 3 is 2.80 bits per heavy atom. The lowest BCUT2D eigenvalue weighted by molar-refractivity contribution is 0.134. The van der Waals surface area contributed by atoms with Crippen LogP contribution in [0.1, 0.15) is 13.0 Å². The predicted octanol–water partition coefficient (Wildman–Crippen LogP) is 0.906. The second kappa shape index (κ2) is 5.40. The predicted molar refractivity (Wildman–Crippen MR) is 78.6 cm³/mol. The maximum absolute atomic E-state index is 10.1. The van der Waals surface area contributed by atoms with Crippen molar-refractivity contribution in [2.45, 2.75) is 19.1 Å². The van der Waals surface area contributed by atoms with Crippen LogP contribution in [-0.4, -0.2) is 37.5 Å². The lowest BCUT2D eigenvalue weighted by atomic mass is 10.0. The summed E-state index contributed by atoms with van der Waals surface area (Å²) in [5.41, 5.74) is 7.99. The van der Waals surface area contributed by atoms with E-state index in [4.69, 9.17) is 5.73 Å². The highest BCUT2D eigenvalue weighted by Gasteiger charge is 2.33. The molecule has 0 radical (unpaired) electrons. The van der Waals surface area contributed by atoms with Gasteiger partial charge < -0.3 is 20.5 Å². The Hall–Kier alpha value is -1.63. The maximum atomic E-state index is 10.1. The zero-order chi connectivity index (χ0) is 13.6. The van der Waals surface area contributed by atoms with Crippen molar-refractivity contribution in [3.05, 3.63) is 30.2 Å². The molecule has 3 rings (SSSR count). The summed E-state index contributed by atoms with van der Waals surface area (Å²) in [4.78, 5) is 8.28. The lowest BCUT2D eigenvalue weighted by Crippen LogP contribution is -2.22. The lowest BCUT2D eigenvalue weighted by Gasteiger charge is -2.20. The van der Waals surface area contributed by atoms with E-state index in [0.29, 0.717) is 16.9 Å². The van der Waals surface area contributed by atoms with Crippen LogP contribution < -0.4 is 5.73 Å². The van der Waals surface area contributed by atoms with E-state index in [1.54, 1.807) is 12.5 Å². The Bertz CT molecular complexity index is 655. The van der Waals surface area contributed by atoms with E-state index in [0.717, 1.165) is 5.52 Å². The molecule has 4 N–H and O–H groups in total. The van der Waals surface area contributed by atoms with E-state index < -0.39 is 6.10 Å². The third-order valence-electron chi connectivity index (χ3n) is 3.83. The topological polar surface area (TPSA) is 97.2 Å². The van der Waals surface area contributed by atoms with Gasteiger partial charge in [0.25, 0.3) is 0 Å². The average Bonchev–Trinajstić information content (AvgIpc) is 2.94. The van der Waals surface area contributed by atoms with E-state index in [2.05, 4.69) is 9.97 Å². The summed E-state index contributed by atoms with van der Waals surface area (Å²) in [5, 5.41) is 19.3. The fraction of sp³-hybridized carbons (Fsp3) is 0.385. The van der Waals surface area contributed by atoms with Gasteiger partial charge in [0.05, 0.1) is 30.6 Å². The Balaban J connectivity index is 0.00000147. The molecule has 7 heteroatoms. The van der Waals surface area contributed by atoms with Crippen molar-refractivity contribution in [2.75, 3.05) is 12.3 Å². The SMILES string of the molecule is C[C@@H]1[C@H](O)C(CO)=C[C@H]1n1cnc2c(N)nccc21.Cl. The number of halogens is 1. The fourth-order valence-corrected chi connectivity index (χ4v) is 2.69.